The SMILES string of the molecule is C=CC[C@H]1CC[C@H](c2ccc(-c3cnc(-c4cc(F)c(C#N)c(F)c4)nc3)cc2)CC1. The quantitative estimate of drug-likeness (QED) is 0.430. The van der Waals surface area contributed by atoms with E-state index in [9.17, 15) is 8.78 Å². The van der Waals surface area contributed by atoms with Gasteiger partial charge in [-0.2, -0.15) is 5.26 Å². The number of hydrogen-bond donors (Lipinski definition) is 0. The molecule has 4 rings (SSSR count). The molecule has 3 nitrogen and oxygen atoms in total. The van der Waals surface area contributed by atoms with Crippen molar-refractivity contribution in [1.82, 2.24) is 9.97 Å². The normalized spacial score (nSPS) is 18.4. The van der Waals surface area contributed by atoms with E-state index in [1.54, 1.807) is 12.4 Å². The maximum absolute atomic E-state index is 13.9. The first-order chi connectivity index (χ1) is 15.1. The molecule has 3 aromatic rings. The molecular formula is C26H23F2N3. The molecule has 0 spiro atoms. The summed E-state index contributed by atoms with van der Waals surface area (Å²) in [5, 5.41) is 8.79. The van der Waals surface area contributed by atoms with E-state index in [0.29, 0.717) is 5.92 Å². The summed E-state index contributed by atoms with van der Waals surface area (Å²) in [6.07, 6.45) is 11.4. The molecule has 1 heterocycles. The van der Waals surface area contributed by atoms with Crippen LogP contribution in [0.3, 0.4) is 0 Å². The average Bonchev–Trinajstić information content (AvgIpc) is 2.80. The third kappa shape index (κ3) is 4.54. The second-order valence-corrected chi connectivity index (χ2v) is 8.09. The molecule has 0 radical (unpaired) electrons. The molecular weight excluding hydrogens is 392 g/mol. The molecule has 0 saturated heterocycles. The van der Waals surface area contributed by atoms with Crippen molar-refractivity contribution in [2.45, 2.75) is 38.0 Å². The summed E-state index contributed by atoms with van der Waals surface area (Å²) in [6, 6.07) is 12.2. The lowest BCUT2D eigenvalue weighted by Crippen LogP contribution is -2.12. The summed E-state index contributed by atoms with van der Waals surface area (Å²) in [4.78, 5) is 8.53. The van der Waals surface area contributed by atoms with Crippen LogP contribution in [0.5, 0.6) is 0 Å². The van der Waals surface area contributed by atoms with E-state index >= 15 is 0 Å². The number of nitriles is 1. The highest BCUT2D eigenvalue weighted by molar-refractivity contribution is 5.64. The van der Waals surface area contributed by atoms with E-state index in [4.69, 9.17) is 5.26 Å². The first-order valence-electron chi connectivity index (χ1n) is 10.5. The van der Waals surface area contributed by atoms with Crippen molar-refractivity contribution in [1.29, 1.82) is 5.26 Å². The Kier molecular flexibility index (Phi) is 6.18. The lowest BCUT2D eigenvalue weighted by molar-refractivity contribution is 0.328. The van der Waals surface area contributed by atoms with Crippen LogP contribution < -0.4 is 0 Å². The minimum absolute atomic E-state index is 0.197. The second-order valence-electron chi connectivity index (χ2n) is 8.09. The molecule has 0 bridgehead atoms. The Labute approximate surface area is 181 Å². The van der Waals surface area contributed by atoms with Crippen molar-refractivity contribution in [2.24, 2.45) is 5.92 Å². The third-order valence-electron chi connectivity index (χ3n) is 6.13. The summed E-state index contributed by atoms with van der Waals surface area (Å²) in [5.74, 6) is -0.241. The summed E-state index contributed by atoms with van der Waals surface area (Å²) in [7, 11) is 0. The minimum atomic E-state index is -0.917. The second kappa shape index (κ2) is 9.18. The minimum Gasteiger partial charge on any atom is -0.236 e. The molecule has 0 unspecified atom stereocenters. The summed E-state index contributed by atoms with van der Waals surface area (Å²) in [5.41, 5.74) is 2.78. The fourth-order valence-corrected chi connectivity index (χ4v) is 4.35. The lowest BCUT2D eigenvalue weighted by atomic mass is 9.77. The van der Waals surface area contributed by atoms with E-state index in [-0.39, 0.29) is 11.4 Å². The van der Waals surface area contributed by atoms with Gasteiger partial charge < -0.3 is 0 Å². The van der Waals surface area contributed by atoms with Crippen LogP contribution in [0.1, 0.15) is 49.1 Å². The number of aromatic nitrogens is 2. The predicted molar refractivity (Wildman–Crippen MR) is 117 cm³/mol. The maximum Gasteiger partial charge on any atom is 0.159 e. The largest absolute Gasteiger partial charge is 0.236 e. The Morgan fingerprint density at radius 1 is 0.935 bits per heavy atom. The first kappa shape index (κ1) is 20.9. The Hall–Kier alpha value is -3.39. The molecule has 0 aliphatic heterocycles. The van der Waals surface area contributed by atoms with E-state index in [2.05, 4.69) is 40.8 Å². The van der Waals surface area contributed by atoms with Gasteiger partial charge in [-0.15, -0.1) is 6.58 Å². The van der Waals surface area contributed by atoms with Gasteiger partial charge in [-0.05, 0) is 67.2 Å². The van der Waals surface area contributed by atoms with Crippen LogP contribution in [-0.2, 0) is 0 Å². The van der Waals surface area contributed by atoms with Crippen molar-refractivity contribution in [3.8, 4) is 28.6 Å². The average molecular weight is 415 g/mol. The van der Waals surface area contributed by atoms with Crippen LogP contribution in [-0.4, -0.2) is 9.97 Å². The van der Waals surface area contributed by atoms with Gasteiger partial charge in [-0.1, -0.05) is 30.3 Å². The predicted octanol–water partition coefficient (Wildman–Crippen LogP) is 6.81. The van der Waals surface area contributed by atoms with Crippen LogP contribution in [0, 0.1) is 28.9 Å². The monoisotopic (exact) mass is 415 g/mol. The van der Waals surface area contributed by atoms with Crippen LogP contribution in [0.2, 0.25) is 0 Å². The van der Waals surface area contributed by atoms with Crippen LogP contribution in [0.25, 0.3) is 22.5 Å². The summed E-state index contributed by atoms with van der Waals surface area (Å²) < 4.78 is 27.7. The van der Waals surface area contributed by atoms with Crippen LogP contribution in [0.4, 0.5) is 8.78 Å². The Bertz CT molecular complexity index is 1080. The standard InChI is InChI=1S/C26H23F2N3/c1-2-3-17-4-6-18(7-5-17)19-8-10-20(11-9-19)22-15-30-26(31-16-22)21-12-24(27)23(14-29)25(28)13-21/h2,8-13,15-18H,1,3-7H2/t17-,18-. The molecule has 1 saturated carbocycles. The topological polar surface area (TPSA) is 49.6 Å². The van der Waals surface area contributed by atoms with Crippen LogP contribution in [0.15, 0.2) is 61.4 Å². The van der Waals surface area contributed by atoms with Crippen LogP contribution >= 0.6 is 0 Å². The Morgan fingerprint density at radius 2 is 1.55 bits per heavy atom. The number of halogens is 2. The molecule has 2 aromatic carbocycles. The van der Waals surface area contributed by atoms with Gasteiger partial charge >= 0.3 is 0 Å². The number of benzene rings is 2. The smallest absolute Gasteiger partial charge is 0.159 e. The van der Waals surface area contributed by atoms with E-state index in [1.807, 2.05) is 6.08 Å². The molecule has 0 atom stereocenters. The van der Waals surface area contributed by atoms with Gasteiger partial charge in [0.1, 0.15) is 23.3 Å². The number of hydrogen-bond acceptors (Lipinski definition) is 3. The summed E-state index contributed by atoms with van der Waals surface area (Å²) >= 11 is 0. The Morgan fingerprint density at radius 3 is 2.10 bits per heavy atom. The van der Waals surface area contributed by atoms with Crippen molar-refractivity contribution >= 4 is 0 Å². The van der Waals surface area contributed by atoms with Gasteiger partial charge in [0.2, 0.25) is 0 Å². The van der Waals surface area contributed by atoms with Crippen molar-refractivity contribution < 1.29 is 8.78 Å². The molecule has 1 aliphatic rings. The molecule has 0 amide bonds. The fourth-order valence-electron chi connectivity index (χ4n) is 4.35. The summed E-state index contributed by atoms with van der Waals surface area (Å²) in [6.45, 7) is 3.85. The lowest BCUT2D eigenvalue weighted by Gasteiger charge is -2.28. The molecule has 1 aliphatic carbocycles. The highest BCUT2D eigenvalue weighted by atomic mass is 19.1. The van der Waals surface area contributed by atoms with Crippen molar-refractivity contribution in [3.63, 3.8) is 0 Å². The number of allylic oxidation sites excluding steroid dienone is 1. The zero-order valence-corrected chi connectivity index (χ0v) is 17.2. The van der Waals surface area contributed by atoms with Gasteiger partial charge in [0, 0.05) is 23.5 Å². The van der Waals surface area contributed by atoms with Crippen molar-refractivity contribution in [2.75, 3.05) is 0 Å². The van der Waals surface area contributed by atoms with Gasteiger partial charge in [0.25, 0.3) is 0 Å². The highest BCUT2D eigenvalue weighted by Gasteiger charge is 2.21. The number of rotatable bonds is 5. The van der Waals surface area contributed by atoms with E-state index in [0.717, 1.165) is 35.6 Å². The number of nitrogens with zero attached hydrogens (tertiary/aromatic N) is 3. The molecule has 0 N–H and O–H groups in total. The third-order valence-corrected chi connectivity index (χ3v) is 6.13. The Balaban J connectivity index is 1.47. The maximum atomic E-state index is 13.9. The van der Waals surface area contributed by atoms with Crippen molar-refractivity contribution in [3.05, 3.63) is 84.2 Å². The molecule has 31 heavy (non-hydrogen) atoms. The molecule has 1 fully saturated rings. The molecule has 1 aromatic heterocycles. The molecule has 156 valence electrons. The van der Waals surface area contributed by atoms with E-state index < -0.39 is 17.2 Å². The first-order valence-corrected chi connectivity index (χ1v) is 10.5. The molecule has 5 heteroatoms. The zero-order chi connectivity index (χ0) is 21.8. The van der Waals surface area contributed by atoms with Gasteiger partial charge in [-0.25, -0.2) is 18.7 Å². The van der Waals surface area contributed by atoms with E-state index in [1.165, 1.54) is 37.3 Å². The highest BCUT2D eigenvalue weighted by Crippen LogP contribution is 2.37. The zero-order valence-electron chi connectivity index (χ0n) is 17.2. The van der Waals surface area contributed by atoms with Gasteiger partial charge in [0.05, 0.1) is 0 Å². The van der Waals surface area contributed by atoms with Gasteiger partial charge in [0.15, 0.2) is 5.82 Å². The fraction of sp³-hybridized carbons (Fsp3) is 0.269. The van der Waals surface area contributed by atoms with Gasteiger partial charge in [-0.3, -0.25) is 0 Å².